The Kier molecular flexibility index (Phi) is 24.7. The second-order valence-electron chi connectivity index (χ2n) is 15.8. The van der Waals surface area contributed by atoms with E-state index >= 15 is 0 Å². The maximum absolute atomic E-state index is 12.8. The molecule has 0 spiro atoms. The van der Waals surface area contributed by atoms with E-state index in [-0.39, 0.29) is 5.69 Å². The van der Waals surface area contributed by atoms with Crippen molar-refractivity contribution in [3.05, 3.63) is 10.5 Å². The van der Waals surface area contributed by atoms with Crippen LogP contribution in [0.1, 0.15) is 40.9 Å². The first-order valence-electron chi connectivity index (χ1n) is 23.8. The van der Waals surface area contributed by atoms with Crippen LogP contribution in [0, 0.1) is 0 Å². The lowest BCUT2D eigenvalue weighted by Gasteiger charge is -2.27. The van der Waals surface area contributed by atoms with Crippen molar-refractivity contribution in [1.82, 2.24) is 49.1 Å². The zero-order valence-electron chi connectivity index (χ0n) is 39.3. The van der Waals surface area contributed by atoms with Gasteiger partial charge in [0, 0.05) is 118 Å². The number of halogens is 1. The van der Waals surface area contributed by atoms with Crippen molar-refractivity contribution >= 4 is 80.4 Å². The van der Waals surface area contributed by atoms with Crippen LogP contribution in [-0.4, -0.2) is 217 Å². The van der Waals surface area contributed by atoms with E-state index in [0.717, 1.165) is 210 Å². The van der Waals surface area contributed by atoms with Gasteiger partial charge in [0.2, 0.25) is 0 Å². The van der Waals surface area contributed by atoms with Crippen LogP contribution < -0.4 is 27.4 Å². The molecule has 0 saturated carbocycles. The van der Waals surface area contributed by atoms with Gasteiger partial charge >= 0.3 is 5.69 Å². The summed E-state index contributed by atoms with van der Waals surface area (Å²) in [6, 6.07) is 0. The molecule has 19 nitrogen and oxygen atoms in total. The number of aromatic nitrogens is 6. The summed E-state index contributed by atoms with van der Waals surface area (Å²) in [6.45, 7) is 24.9. The van der Waals surface area contributed by atoms with E-state index in [1.54, 1.807) is 28.1 Å². The number of rotatable bonds is 23. The first-order chi connectivity index (χ1) is 31.9. The van der Waals surface area contributed by atoms with E-state index < -0.39 is 0 Å². The number of alkyl halides is 1. The van der Waals surface area contributed by atoms with Crippen molar-refractivity contribution in [1.29, 1.82) is 0 Å². The second-order valence-corrected chi connectivity index (χ2v) is 17.9. The normalized spacial score (nSPS) is 18.1. The molecule has 362 valence electrons. The summed E-state index contributed by atoms with van der Waals surface area (Å²) in [5, 5.41) is 11.8. The first kappa shape index (κ1) is 51.1. The van der Waals surface area contributed by atoms with Crippen molar-refractivity contribution in [2.24, 2.45) is 0 Å². The van der Waals surface area contributed by atoms with Crippen molar-refractivity contribution in [3.63, 3.8) is 0 Å². The van der Waals surface area contributed by atoms with Gasteiger partial charge in [-0.1, -0.05) is 72.8 Å². The fraction of sp³-hybridized carbons (Fsp3) is 0.786. The highest BCUT2D eigenvalue weighted by molar-refractivity contribution is 14.1. The molecule has 0 bridgehead atoms. The van der Waals surface area contributed by atoms with Gasteiger partial charge in [-0.25, -0.2) is 24.7 Å². The Morgan fingerprint density at radius 2 is 1.00 bits per heavy atom. The zero-order chi connectivity index (χ0) is 45.9. The average molecular weight is 1050 g/mol. The van der Waals surface area contributed by atoms with E-state index in [0.29, 0.717) is 34.1 Å². The van der Waals surface area contributed by atoms with Gasteiger partial charge in [0.1, 0.15) is 11.2 Å². The highest BCUT2D eigenvalue weighted by Crippen LogP contribution is 2.28. The third-order valence-electron chi connectivity index (χ3n) is 11.2. The molecule has 0 unspecified atom stereocenters. The van der Waals surface area contributed by atoms with Gasteiger partial charge in [-0.15, -0.1) is 0 Å². The van der Waals surface area contributed by atoms with Gasteiger partial charge < -0.3 is 45.6 Å². The first-order valence-corrected chi connectivity index (χ1v) is 26.6. The molecule has 7 heterocycles. The number of hydrogen-bond acceptors (Lipinski definition) is 19. The predicted octanol–water partition coefficient (Wildman–Crippen LogP) is 3.58. The molecule has 0 atom stereocenters. The van der Waals surface area contributed by atoms with Gasteiger partial charge in [-0.2, -0.15) is 0 Å². The Hall–Kier alpha value is -2.26. The number of aromatic amines is 1. The SMILES string of the molecule is CCCCSc1nc(NCCN2CCOCC2)c(N)c(NCCN2CCOCC2)n1.CCCCSc1nc(NCCN2CCOCC2)c2[nH]c(=O)n(CCN3CCOCC3)c2n1.[2H]CI. The Bertz CT molecular complexity index is 1770. The molecule has 4 saturated heterocycles. The van der Waals surface area contributed by atoms with E-state index in [9.17, 15) is 4.79 Å². The highest BCUT2D eigenvalue weighted by atomic mass is 127. The predicted molar refractivity (Wildman–Crippen MR) is 270 cm³/mol. The number of ether oxygens (including phenoxy) is 4. The number of morpholine rings is 4. The largest absolute Gasteiger partial charge is 0.393 e. The maximum atomic E-state index is 12.8. The molecule has 0 aromatic carbocycles. The number of imidazole rings is 1. The smallest absolute Gasteiger partial charge is 0.327 e. The number of fused-ring (bicyclic) bond motifs is 1. The van der Waals surface area contributed by atoms with Gasteiger partial charge in [0.15, 0.2) is 33.4 Å². The fourth-order valence-electron chi connectivity index (χ4n) is 7.35. The number of hydrogen-bond donors (Lipinski definition) is 5. The number of nitrogen functional groups attached to an aromatic ring is 1. The van der Waals surface area contributed by atoms with Crippen molar-refractivity contribution in [2.45, 2.75) is 56.4 Å². The van der Waals surface area contributed by atoms with Crippen LogP contribution in [0.2, 0.25) is 0 Å². The lowest BCUT2D eigenvalue weighted by atomic mass is 10.3. The number of H-pyrrole nitrogens is 1. The molecule has 64 heavy (non-hydrogen) atoms. The number of nitrogens with one attached hydrogen (secondary N) is 4. The van der Waals surface area contributed by atoms with Crippen LogP contribution >= 0.6 is 46.1 Å². The Balaban J connectivity index is 0.000000231. The standard InChI is InChI=1S/C21H35N7O3S.C20H37N7O2S.CH3I/c1-2-3-16-32-20-24-18(22-4-5-26-8-12-30-13-9-26)17-19(25-20)28(21(29)23-17)7-6-27-10-14-31-15-11-27;1-2-3-16-30-20-24-18(22-4-6-26-8-12-28-13-9-26)17(21)19(25-20)23-5-7-27-10-14-29-15-11-27;1-2/h2-16H2,1H3,(H,23,29)(H,22,24,25);2-16,21H2,1H3,(H2,22,23,24,25);1H3/i;;1D. The summed E-state index contributed by atoms with van der Waals surface area (Å²) in [4.78, 5) is 44.7. The van der Waals surface area contributed by atoms with Crippen LogP contribution in [0.4, 0.5) is 23.1 Å². The molecule has 0 aliphatic carbocycles. The number of anilines is 4. The van der Waals surface area contributed by atoms with Crippen molar-refractivity contribution in [2.75, 3.05) is 189 Å². The molecule has 22 heteroatoms. The Labute approximate surface area is 403 Å². The van der Waals surface area contributed by atoms with E-state index in [2.05, 4.69) is 54.4 Å². The lowest BCUT2D eigenvalue weighted by molar-refractivity contribution is 0.0364. The molecule has 4 fully saturated rings. The molecule has 0 amide bonds. The molecule has 0 radical (unpaired) electrons. The molecule has 4 aliphatic rings. The van der Waals surface area contributed by atoms with Crippen LogP contribution in [0.5, 0.6) is 0 Å². The summed E-state index contributed by atoms with van der Waals surface area (Å²) in [5.41, 5.74) is 8.26. The average Bonchev–Trinajstić information content (AvgIpc) is 3.66. The van der Waals surface area contributed by atoms with Gasteiger partial charge in [0.05, 0.1) is 52.9 Å². The quantitative estimate of drug-likeness (QED) is 0.0303. The molecule has 3 aromatic rings. The molecule has 6 N–H and O–H groups in total. The summed E-state index contributed by atoms with van der Waals surface area (Å²) in [6.07, 6.45) is 4.56. The number of nitrogens with two attached hydrogens (primary N) is 1. The molecule has 4 aliphatic heterocycles. The number of unbranched alkanes of at least 4 members (excludes halogenated alkanes) is 2. The summed E-state index contributed by atoms with van der Waals surface area (Å²) in [5.74, 6) is 4.15. The van der Waals surface area contributed by atoms with Gasteiger partial charge in [0.25, 0.3) is 0 Å². The molecule has 7 rings (SSSR count). The van der Waals surface area contributed by atoms with Gasteiger partial charge in [-0.05, 0) is 17.7 Å². The summed E-state index contributed by atoms with van der Waals surface area (Å²) >= 11 is 5.30. The summed E-state index contributed by atoms with van der Waals surface area (Å²) in [7, 11) is 0. The van der Waals surface area contributed by atoms with E-state index in [1.165, 1.54) is 0 Å². The minimum atomic E-state index is -0.130. The topological polar surface area (TPSA) is 201 Å². The van der Waals surface area contributed by atoms with E-state index in [1.807, 2.05) is 22.6 Å². The van der Waals surface area contributed by atoms with Crippen LogP contribution in [-0.2, 0) is 25.5 Å². The van der Waals surface area contributed by atoms with Crippen LogP contribution in [0.3, 0.4) is 0 Å². The monoisotopic (exact) mass is 1050 g/mol. The van der Waals surface area contributed by atoms with E-state index in [4.69, 9.17) is 46.0 Å². The minimum absolute atomic E-state index is 0.130. The molecular formula is C42H75IN14O5S2. The third-order valence-corrected chi connectivity index (χ3v) is 13.1. The minimum Gasteiger partial charge on any atom is -0.393 e. The maximum Gasteiger partial charge on any atom is 0.327 e. The van der Waals surface area contributed by atoms with Gasteiger partial charge in [-0.3, -0.25) is 24.2 Å². The van der Waals surface area contributed by atoms with Crippen LogP contribution in [0.25, 0.3) is 11.2 Å². The zero-order valence-corrected chi connectivity index (χ0v) is 42.0. The van der Waals surface area contributed by atoms with Crippen molar-refractivity contribution < 1.29 is 20.3 Å². The third kappa shape index (κ3) is 18.1. The second kappa shape index (κ2) is 30.9. The number of nitrogens with zero attached hydrogens (tertiary/aromatic N) is 9. The lowest BCUT2D eigenvalue weighted by Crippen LogP contribution is -2.39. The Morgan fingerprint density at radius 1 is 0.625 bits per heavy atom. The number of thioether (sulfide) groups is 2. The van der Waals surface area contributed by atoms with Crippen molar-refractivity contribution in [3.8, 4) is 0 Å². The molecule has 3 aromatic heterocycles. The Morgan fingerprint density at radius 3 is 1.42 bits per heavy atom. The van der Waals surface area contributed by atoms with Crippen LogP contribution in [0.15, 0.2) is 15.1 Å². The highest BCUT2D eigenvalue weighted by Gasteiger charge is 2.19. The fourth-order valence-corrected chi connectivity index (χ4v) is 9.20. The molecular weight excluding hydrogens is 972 g/mol. The summed E-state index contributed by atoms with van der Waals surface area (Å²) < 4.78 is 29.6.